The van der Waals surface area contributed by atoms with Crippen LogP contribution in [0, 0.1) is 0 Å². The Labute approximate surface area is 213 Å². The molecule has 0 aliphatic rings. The molecule has 36 heavy (non-hydrogen) atoms. The molecule has 1 aromatic carbocycles. The van der Waals surface area contributed by atoms with Gasteiger partial charge in [-0.25, -0.2) is 14.8 Å². The lowest BCUT2D eigenvalue weighted by Crippen LogP contribution is -2.34. The maximum Gasteiger partial charge on any atom is 0.419 e. The van der Waals surface area contributed by atoms with Gasteiger partial charge >= 0.3 is 12.3 Å². The van der Waals surface area contributed by atoms with E-state index in [1.54, 1.807) is 33.8 Å². The minimum atomic E-state index is -4.66. The third-order valence-electron chi connectivity index (χ3n) is 4.93. The molecule has 8 nitrogen and oxygen atoms in total. The molecule has 0 unspecified atom stereocenters. The SMILES string of the molecule is C[C@@H](NC(=O)OC(C)(C)C)c1cccc(C(F)(F)F)c1OCCCc1nc2ncc(Br)cc2c(=O)[nH]1. The van der Waals surface area contributed by atoms with Crippen molar-refractivity contribution >= 4 is 33.1 Å². The lowest BCUT2D eigenvalue weighted by Gasteiger charge is -2.24. The van der Waals surface area contributed by atoms with Crippen LogP contribution in [0.2, 0.25) is 0 Å². The number of carbonyl (C=O) groups is 1. The summed E-state index contributed by atoms with van der Waals surface area (Å²) in [6, 6.07) is 4.42. The summed E-state index contributed by atoms with van der Waals surface area (Å²) in [5.41, 5.74) is -1.66. The highest BCUT2D eigenvalue weighted by Crippen LogP contribution is 2.40. The van der Waals surface area contributed by atoms with Crippen molar-refractivity contribution in [2.45, 2.75) is 58.4 Å². The maximum atomic E-state index is 13.7. The van der Waals surface area contributed by atoms with E-state index in [0.717, 1.165) is 6.07 Å². The number of para-hydroxylation sites is 1. The van der Waals surface area contributed by atoms with Crippen LogP contribution in [0.25, 0.3) is 11.0 Å². The predicted molar refractivity (Wildman–Crippen MR) is 131 cm³/mol. The molecule has 194 valence electrons. The number of hydrogen-bond acceptors (Lipinski definition) is 6. The Bertz CT molecular complexity index is 1310. The average molecular weight is 571 g/mol. The minimum Gasteiger partial charge on any atom is -0.493 e. The van der Waals surface area contributed by atoms with Crippen molar-refractivity contribution in [1.82, 2.24) is 20.3 Å². The Morgan fingerprint density at radius 1 is 1.25 bits per heavy atom. The molecular weight excluding hydrogens is 545 g/mol. The molecule has 3 aromatic rings. The highest BCUT2D eigenvalue weighted by atomic mass is 79.9. The highest BCUT2D eigenvalue weighted by molar-refractivity contribution is 9.10. The van der Waals surface area contributed by atoms with Crippen molar-refractivity contribution in [2.24, 2.45) is 0 Å². The van der Waals surface area contributed by atoms with Gasteiger partial charge in [-0.05, 0) is 62.2 Å². The largest absolute Gasteiger partial charge is 0.493 e. The van der Waals surface area contributed by atoms with Gasteiger partial charge in [0, 0.05) is 22.7 Å². The van der Waals surface area contributed by atoms with Gasteiger partial charge < -0.3 is 19.8 Å². The monoisotopic (exact) mass is 570 g/mol. The van der Waals surface area contributed by atoms with Crippen LogP contribution in [-0.2, 0) is 17.3 Å². The van der Waals surface area contributed by atoms with E-state index in [4.69, 9.17) is 9.47 Å². The topological polar surface area (TPSA) is 106 Å². The summed E-state index contributed by atoms with van der Waals surface area (Å²) in [7, 11) is 0. The van der Waals surface area contributed by atoms with Crippen LogP contribution in [0.5, 0.6) is 5.75 Å². The number of nitrogens with zero attached hydrogens (tertiary/aromatic N) is 2. The van der Waals surface area contributed by atoms with Crippen LogP contribution >= 0.6 is 15.9 Å². The molecule has 0 aliphatic heterocycles. The molecule has 0 aliphatic carbocycles. The van der Waals surface area contributed by atoms with Gasteiger partial charge in [0.05, 0.1) is 23.6 Å². The van der Waals surface area contributed by atoms with Crippen LogP contribution in [0.3, 0.4) is 0 Å². The smallest absolute Gasteiger partial charge is 0.419 e. The summed E-state index contributed by atoms with van der Waals surface area (Å²) in [5.74, 6) is -0.0322. The maximum absolute atomic E-state index is 13.7. The molecule has 1 amide bonds. The number of rotatable bonds is 7. The van der Waals surface area contributed by atoms with Crippen molar-refractivity contribution in [3.05, 3.63) is 62.2 Å². The van der Waals surface area contributed by atoms with Gasteiger partial charge in [-0.1, -0.05) is 12.1 Å². The minimum absolute atomic E-state index is 0.0885. The fourth-order valence-electron chi connectivity index (χ4n) is 3.42. The summed E-state index contributed by atoms with van der Waals surface area (Å²) in [4.78, 5) is 35.5. The summed E-state index contributed by atoms with van der Waals surface area (Å²) < 4.78 is 52.6. The van der Waals surface area contributed by atoms with Crippen molar-refractivity contribution in [1.29, 1.82) is 0 Å². The van der Waals surface area contributed by atoms with E-state index in [-0.39, 0.29) is 42.0 Å². The summed E-state index contributed by atoms with van der Waals surface area (Å²) in [6.07, 6.45) is -3.39. The fraction of sp³-hybridized carbons (Fsp3) is 0.417. The Hall–Kier alpha value is -3.15. The number of aryl methyl sites for hydroxylation is 1. The number of halogens is 4. The predicted octanol–water partition coefficient (Wildman–Crippen LogP) is 5.70. The normalized spacial score (nSPS) is 12.9. The number of hydrogen-bond donors (Lipinski definition) is 2. The zero-order valence-corrected chi connectivity index (χ0v) is 21.7. The van der Waals surface area contributed by atoms with Crippen molar-refractivity contribution in [2.75, 3.05) is 6.61 Å². The van der Waals surface area contributed by atoms with Gasteiger partial charge in [0.25, 0.3) is 5.56 Å². The third kappa shape index (κ3) is 7.19. The van der Waals surface area contributed by atoms with E-state index in [0.29, 0.717) is 15.7 Å². The van der Waals surface area contributed by atoms with E-state index in [1.807, 2.05) is 0 Å². The van der Waals surface area contributed by atoms with E-state index >= 15 is 0 Å². The van der Waals surface area contributed by atoms with Gasteiger partial charge in [-0.3, -0.25) is 4.79 Å². The first-order chi connectivity index (χ1) is 16.7. The van der Waals surface area contributed by atoms with Gasteiger partial charge in [-0.15, -0.1) is 0 Å². The molecule has 3 rings (SSSR count). The molecule has 0 radical (unpaired) electrons. The molecule has 2 aromatic heterocycles. The number of alkyl carbamates (subject to hydrolysis) is 1. The number of nitrogens with one attached hydrogen (secondary N) is 2. The number of aromatic amines is 1. The van der Waals surface area contributed by atoms with E-state index in [1.165, 1.54) is 18.3 Å². The molecule has 0 saturated heterocycles. The fourth-order valence-corrected chi connectivity index (χ4v) is 3.75. The number of H-pyrrole nitrogens is 1. The van der Waals surface area contributed by atoms with Gasteiger partial charge in [-0.2, -0.15) is 13.2 Å². The quantitative estimate of drug-likeness (QED) is 0.353. The summed E-state index contributed by atoms with van der Waals surface area (Å²) in [6.45, 7) is 6.50. The van der Waals surface area contributed by atoms with Crippen LogP contribution < -0.4 is 15.6 Å². The lowest BCUT2D eigenvalue weighted by atomic mass is 10.0. The second-order valence-electron chi connectivity index (χ2n) is 9.08. The number of benzene rings is 1. The number of carbonyl (C=O) groups excluding carboxylic acids is 1. The number of fused-ring (bicyclic) bond motifs is 1. The second-order valence-corrected chi connectivity index (χ2v) is 9.99. The van der Waals surface area contributed by atoms with E-state index < -0.39 is 29.5 Å². The van der Waals surface area contributed by atoms with Crippen LogP contribution in [0.4, 0.5) is 18.0 Å². The number of pyridine rings is 1. The van der Waals surface area contributed by atoms with Gasteiger partial charge in [0.2, 0.25) is 0 Å². The molecule has 0 spiro atoms. The summed E-state index contributed by atoms with van der Waals surface area (Å²) in [5, 5.41) is 2.87. The highest BCUT2D eigenvalue weighted by Gasteiger charge is 2.36. The molecule has 0 bridgehead atoms. The lowest BCUT2D eigenvalue weighted by molar-refractivity contribution is -0.139. The zero-order valence-electron chi connectivity index (χ0n) is 20.1. The first kappa shape index (κ1) is 27.4. The standard InChI is InChI=1S/C24H26BrF3N4O4/c1-13(30-22(34)36-23(2,3)4)15-7-5-8-17(24(26,27)28)19(15)35-10-6-9-18-31-20-16(21(33)32-18)11-14(25)12-29-20/h5,7-8,11-13H,6,9-10H2,1-4H3,(H,30,34)(H,29,31,32,33)/t13-/m1/s1. The Balaban J connectivity index is 1.75. The van der Waals surface area contributed by atoms with Crippen LogP contribution in [-0.4, -0.2) is 33.3 Å². The van der Waals surface area contributed by atoms with Gasteiger partial charge in [0.15, 0.2) is 5.65 Å². The van der Waals surface area contributed by atoms with Gasteiger partial charge in [0.1, 0.15) is 17.2 Å². The summed E-state index contributed by atoms with van der Waals surface area (Å²) >= 11 is 3.25. The number of alkyl halides is 3. The molecule has 0 fully saturated rings. The molecule has 2 heterocycles. The van der Waals surface area contributed by atoms with Crippen LogP contribution in [0.15, 0.2) is 39.7 Å². The molecule has 2 N–H and O–H groups in total. The molecule has 12 heteroatoms. The van der Waals surface area contributed by atoms with Crippen molar-refractivity contribution < 1.29 is 27.4 Å². The number of aromatic nitrogens is 3. The van der Waals surface area contributed by atoms with Crippen molar-refractivity contribution in [3.63, 3.8) is 0 Å². The molecule has 0 saturated carbocycles. The second kappa shape index (κ2) is 10.9. The molecule has 1 atom stereocenters. The van der Waals surface area contributed by atoms with E-state index in [2.05, 4.69) is 36.2 Å². The Morgan fingerprint density at radius 3 is 2.64 bits per heavy atom. The number of amides is 1. The van der Waals surface area contributed by atoms with Crippen LogP contribution in [0.1, 0.15) is 57.1 Å². The first-order valence-electron chi connectivity index (χ1n) is 11.1. The third-order valence-corrected chi connectivity index (χ3v) is 5.37. The average Bonchev–Trinajstić information content (AvgIpc) is 2.75. The Morgan fingerprint density at radius 2 is 1.97 bits per heavy atom. The Kier molecular flexibility index (Phi) is 8.27. The molecular formula is C24H26BrF3N4O4. The van der Waals surface area contributed by atoms with E-state index in [9.17, 15) is 22.8 Å². The number of ether oxygens (including phenoxy) is 2. The first-order valence-corrected chi connectivity index (χ1v) is 11.9. The van der Waals surface area contributed by atoms with Crippen molar-refractivity contribution in [3.8, 4) is 5.75 Å². The zero-order chi connectivity index (χ0) is 26.7.